The van der Waals surface area contributed by atoms with Gasteiger partial charge in [-0.25, -0.2) is 14.4 Å². The molecule has 1 amide bonds. The molecule has 0 aliphatic carbocycles. The van der Waals surface area contributed by atoms with Gasteiger partial charge in [-0.2, -0.15) is 0 Å². The second kappa shape index (κ2) is 13.3. The molecule has 9 heteroatoms. The molecule has 1 unspecified atom stereocenters. The Kier molecular flexibility index (Phi) is 11.1. The van der Waals surface area contributed by atoms with Gasteiger partial charge in [0, 0.05) is 13.5 Å². The number of rotatable bonds is 10. The summed E-state index contributed by atoms with van der Waals surface area (Å²) in [4.78, 5) is 42.6. The minimum Gasteiger partial charge on any atom is -0.480 e. The third kappa shape index (κ3) is 8.65. The van der Waals surface area contributed by atoms with Gasteiger partial charge >= 0.3 is 18.0 Å². The monoisotopic (exact) mass is 435 g/mol. The van der Waals surface area contributed by atoms with Crippen LogP contribution in [-0.4, -0.2) is 58.8 Å². The highest BCUT2D eigenvalue weighted by Crippen LogP contribution is 2.14. The molecule has 0 fully saturated rings. The van der Waals surface area contributed by atoms with E-state index in [4.69, 9.17) is 15.0 Å². The minimum absolute atomic E-state index is 0.0250. The molecule has 0 aromatic heterocycles. The van der Waals surface area contributed by atoms with E-state index in [0.717, 1.165) is 16.9 Å². The number of carbonyl (C=O) groups is 3. The van der Waals surface area contributed by atoms with Crippen LogP contribution < -0.4 is 0 Å². The number of carboxylic acids is 1. The van der Waals surface area contributed by atoms with E-state index in [1.807, 2.05) is 37.3 Å². The molecule has 0 aliphatic heterocycles. The van der Waals surface area contributed by atoms with Crippen molar-refractivity contribution in [2.45, 2.75) is 58.9 Å². The number of aryl methyl sites for hydroxylation is 1. The topological polar surface area (TPSA) is 120 Å². The van der Waals surface area contributed by atoms with Gasteiger partial charge in [-0.1, -0.05) is 62.6 Å². The van der Waals surface area contributed by atoms with Crippen LogP contribution in [0.15, 0.2) is 30.3 Å². The Morgan fingerprint density at radius 2 is 1.77 bits per heavy atom. The van der Waals surface area contributed by atoms with Crippen molar-refractivity contribution in [2.24, 2.45) is 5.92 Å². The summed E-state index contributed by atoms with van der Waals surface area (Å²) in [5, 5.41) is 18.2. The van der Waals surface area contributed by atoms with Gasteiger partial charge in [0.05, 0.1) is 6.61 Å². The first kappa shape index (κ1) is 25.9. The summed E-state index contributed by atoms with van der Waals surface area (Å²) in [6.07, 6.45) is 1.54. The van der Waals surface area contributed by atoms with E-state index in [-0.39, 0.29) is 18.9 Å². The molecule has 1 rings (SSSR count). The lowest BCUT2D eigenvalue weighted by Crippen LogP contribution is -2.53. The van der Waals surface area contributed by atoms with Crippen LogP contribution in [0.1, 0.15) is 52.0 Å². The van der Waals surface area contributed by atoms with Gasteiger partial charge in [-0.05, 0) is 30.7 Å². The van der Waals surface area contributed by atoms with E-state index >= 15 is 0 Å². The molecular formula is C22H33N3O6. The Bertz CT molecular complexity index is 738. The SMILES string of the molecule is CCCCOC(=O)N(OC(=O)CCCc1ccccc1)C(=N)N(C)C(C(=O)O)C(C)C. The van der Waals surface area contributed by atoms with Gasteiger partial charge in [0.2, 0.25) is 5.96 Å². The molecule has 172 valence electrons. The molecule has 2 N–H and O–H groups in total. The van der Waals surface area contributed by atoms with E-state index in [1.54, 1.807) is 13.8 Å². The number of aliphatic carboxylic acids is 1. The van der Waals surface area contributed by atoms with Gasteiger partial charge in [-0.3, -0.25) is 5.41 Å². The maximum Gasteiger partial charge on any atom is 0.451 e. The number of amides is 1. The normalized spacial score (nSPS) is 11.5. The highest BCUT2D eigenvalue weighted by molar-refractivity contribution is 5.94. The average Bonchev–Trinajstić information content (AvgIpc) is 2.71. The molecule has 0 saturated heterocycles. The number of unbranched alkanes of at least 4 members (excludes halogenated alkanes) is 1. The number of guanidine groups is 1. The van der Waals surface area contributed by atoms with Crippen molar-refractivity contribution >= 4 is 24.0 Å². The lowest BCUT2D eigenvalue weighted by Gasteiger charge is -2.32. The minimum atomic E-state index is -1.16. The van der Waals surface area contributed by atoms with Gasteiger partial charge in [-0.15, -0.1) is 0 Å². The first-order valence-corrected chi connectivity index (χ1v) is 10.4. The molecule has 0 bridgehead atoms. The fraction of sp³-hybridized carbons (Fsp3) is 0.545. The number of nitrogens with one attached hydrogen (secondary N) is 1. The van der Waals surface area contributed by atoms with Gasteiger partial charge in [0.1, 0.15) is 6.04 Å². The van der Waals surface area contributed by atoms with Crippen LogP contribution in [0.5, 0.6) is 0 Å². The zero-order chi connectivity index (χ0) is 23.4. The number of hydrogen-bond donors (Lipinski definition) is 2. The van der Waals surface area contributed by atoms with Crippen LogP contribution in [0.4, 0.5) is 4.79 Å². The number of benzene rings is 1. The predicted octanol–water partition coefficient (Wildman–Crippen LogP) is 3.68. The Morgan fingerprint density at radius 1 is 1.13 bits per heavy atom. The molecular weight excluding hydrogens is 402 g/mol. The van der Waals surface area contributed by atoms with E-state index in [9.17, 15) is 19.5 Å². The van der Waals surface area contributed by atoms with Gasteiger partial charge < -0.3 is 19.6 Å². The number of carboxylic acid groups (broad SMARTS) is 1. The fourth-order valence-electron chi connectivity index (χ4n) is 2.93. The summed E-state index contributed by atoms with van der Waals surface area (Å²) in [6.45, 7) is 5.39. The molecule has 0 aliphatic rings. The highest BCUT2D eigenvalue weighted by atomic mass is 16.8. The molecule has 1 aromatic carbocycles. The van der Waals surface area contributed by atoms with Crippen molar-refractivity contribution in [3.63, 3.8) is 0 Å². The Morgan fingerprint density at radius 3 is 2.32 bits per heavy atom. The Labute approximate surface area is 183 Å². The number of carbonyl (C=O) groups excluding carboxylic acids is 2. The summed E-state index contributed by atoms with van der Waals surface area (Å²) in [6, 6.07) is 8.54. The smallest absolute Gasteiger partial charge is 0.451 e. The zero-order valence-corrected chi connectivity index (χ0v) is 18.7. The van der Waals surface area contributed by atoms with Crippen LogP contribution in [-0.2, 0) is 25.6 Å². The number of hydroxylamine groups is 2. The quantitative estimate of drug-likeness (QED) is 0.249. The number of hydrogen-bond acceptors (Lipinski definition) is 6. The van der Waals surface area contributed by atoms with E-state index in [0.29, 0.717) is 24.3 Å². The van der Waals surface area contributed by atoms with Crippen molar-refractivity contribution in [3.05, 3.63) is 35.9 Å². The summed E-state index contributed by atoms with van der Waals surface area (Å²) in [5.74, 6) is -2.81. The van der Waals surface area contributed by atoms with Crippen molar-refractivity contribution < 1.29 is 29.1 Å². The van der Waals surface area contributed by atoms with Crippen LogP contribution in [0.3, 0.4) is 0 Å². The largest absolute Gasteiger partial charge is 0.480 e. The molecule has 31 heavy (non-hydrogen) atoms. The Hall–Kier alpha value is -3.10. The van der Waals surface area contributed by atoms with Crippen LogP contribution in [0, 0.1) is 11.3 Å². The lowest BCUT2D eigenvalue weighted by atomic mass is 10.0. The highest BCUT2D eigenvalue weighted by Gasteiger charge is 2.35. The summed E-state index contributed by atoms with van der Waals surface area (Å²) in [5.41, 5.74) is 1.07. The van der Waals surface area contributed by atoms with Crippen molar-refractivity contribution in [1.82, 2.24) is 9.96 Å². The molecule has 9 nitrogen and oxygen atoms in total. The molecule has 0 radical (unpaired) electrons. The maximum atomic E-state index is 12.5. The summed E-state index contributed by atoms with van der Waals surface area (Å²) < 4.78 is 5.09. The molecule has 0 spiro atoms. The predicted molar refractivity (Wildman–Crippen MR) is 115 cm³/mol. The second-order valence-electron chi connectivity index (χ2n) is 7.53. The average molecular weight is 436 g/mol. The molecule has 1 atom stereocenters. The zero-order valence-electron chi connectivity index (χ0n) is 18.7. The van der Waals surface area contributed by atoms with Gasteiger partial charge in [0.15, 0.2) is 0 Å². The first-order valence-electron chi connectivity index (χ1n) is 10.4. The second-order valence-corrected chi connectivity index (χ2v) is 7.53. The van der Waals surface area contributed by atoms with E-state index < -0.39 is 30.0 Å². The van der Waals surface area contributed by atoms with Crippen molar-refractivity contribution in [2.75, 3.05) is 13.7 Å². The van der Waals surface area contributed by atoms with Crippen LogP contribution >= 0.6 is 0 Å². The van der Waals surface area contributed by atoms with E-state index in [1.165, 1.54) is 7.05 Å². The fourth-order valence-corrected chi connectivity index (χ4v) is 2.93. The Balaban J connectivity index is 2.84. The van der Waals surface area contributed by atoms with Crippen LogP contribution in [0.25, 0.3) is 0 Å². The summed E-state index contributed by atoms with van der Waals surface area (Å²) >= 11 is 0. The first-order chi connectivity index (χ1) is 14.7. The third-order valence-electron chi connectivity index (χ3n) is 4.60. The van der Waals surface area contributed by atoms with Crippen LogP contribution in [0.2, 0.25) is 0 Å². The van der Waals surface area contributed by atoms with Crippen molar-refractivity contribution in [3.8, 4) is 0 Å². The molecule has 0 heterocycles. The molecule has 1 aromatic rings. The van der Waals surface area contributed by atoms with Gasteiger partial charge in [0.25, 0.3) is 0 Å². The standard InChI is InChI=1S/C22H33N3O6/c1-5-6-15-30-22(29)25(21(23)24(4)19(16(2)3)20(27)28)31-18(26)14-10-13-17-11-8-7-9-12-17/h7-9,11-12,16,19,23H,5-6,10,13-15H2,1-4H3,(H,27,28). The summed E-state index contributed by atoms with van der Waals surface area (Å²) in [7, 11) is 1.36. The maximum absolute atomic E-state index is 12.5. The molecule has 0 saturated carbocycles. The lowest BCUT2D eigenvalue weighted by molar-refractivity contribution is -0.170. The van der Waals surface area contributed by atoms with E-state index in [2.05, 4.69) is 0 Å². The number of nitrogens with zero attached hydrogens (tertiary/aromatic N) is 2. The number of likely N-dealkylation sites (N-methyl/N-ethyl adjacent to an activating group) is 1. The van der Waals surface area contributed by atoms with Crippen molar-refractivity contribution in [1.29, 1.82) is 5.41 Å². The number of ether oxygens (including phenoxy) is 1. The third-order valence-corrected chi connectivity index (χ3v) is 4.60.